The third kappa shape index (κ3) is 4.42. The first-order chi connectivity index (χ1) is 14.8. The molecule has 1 amide bonds. The molecule has 166 valence electrons. The van der Waals surface area contributed by atoms with E-state index in [1.165, 1.54) is 6.08 Å². The number of aromatic nitrogens is 3. The van der Waals surface area contributed by atoms with Crippen LogP contribution in [0.2, 0.25) is 0 Å². The summed E-state index contributed by atoms with van der Waals surface area (Å²) < 4.78 is 30.7. The van der Waals surface area contributed by atoms with Gasteiger partial charge in [0.05, 0.1) is 23.2 Å². The third-order valence-electron chi connectivity index (χ3n) is 5.51. The molecule has 0 radical (unpaired) electrons. The van der Waals surface area contributed by atoms with E-state index in [0.29, 0.717) is 22.7 Å². The Bertz CT molecular complexity index is 1150. The number of aryl methyl sites for hydroxylation is 1. The number of sulfone groups is 1. The van der Waals surface area contributed by atoms with E-state index < -0.39 is 21.7 Å². The van der Waals surface area contributed by atoms with Gasteiger partial charge in [0.1, 0.15) is 11.5 Å². The molecule has 4 rings (SSSR count). The number of hydrogen-bond acceptors (Lipinski definition) is 8. The Labute approximate surface area is 184 Å². The number of fused-ring (bicyclic) bond motifs is 1. The first kappa shape index (κ1) is 21.7. The molecule has 1 atom stereocenters. The van der Waals surface area contributed by atoms with Gasteiger partial charge < -0.3 is 4.74 Å². The monoisotopic (exact) mass is 464 g/mol. The van der Waals surface area contributed by atoms with Gasteiger partial charge in [0.2, 0.25) is 0 Å². The minimum atomic E-state index is -3.07. The van der Waals surface area contributed by atoms with Gasteiger partial charge in [0, 0.05) is 11.3 Å². The summed E-state index contributed by atoms with van der Waals surface area (Å²) in [4.78, 5) is 29.7. The molecule has 31 heavy (non-hydrogen) atoms. The molecule has 2 aromatic heterocycles. The summed E-state index contributed by atoms with van der Waals surface area (Å²) in [7, 11) is -3.07. The van der Waals surface area contributed by atoms with Gasteiger partial charge in [-0.25, -0.2) is 18.2 Å². The van der Waals surface area contributed by atoms with Crippen LogP contribution in [-0.2, 0) is 27.4 Å². The predicted octanol–water partition coefficient (Wildman–Crippen LogP) is 2.48. The second-order valence-corrected chi connectivity index (χ2v) is 11.0. The van der Waals surface area contributed by atoms with Crippen LogP contribution in [0.1, 0.15) is 62.4 Å². The summed E-state index contributed by atoms with van der Waals surface area (Å²) in [5.41, 5.74) is 2.62. The number of ether oxygens (including phenoxy) is 1. The van der Waals surface area contributed by atoms with Crippen molar-refractivity contribution in [3.8, 4) is 0 Å². The Hall–Kier alpha value is -2.53. The maximum atomic E-state index is 13.0. The number of amides is 1. The van der Waals surface area contributed by atoms with Gasteiger partial charge in [-0.1, -0.05) is 24.0 Å². The fourth-order valence-electron chi connectivity index (χ4n) is 4.07. The minimum Gasteiger partial charge on any atom is -0.457 e. The molecule has 2 aliphatic rings. The van der Waals surface area contributed by atoms with Crippen LogP contribution in [0, 0.1) is 6.92 Å². The van der Waals surface area contributed by atoms with Crippen molar-refractivity contribution in [2.24, 2.45) is 0 Å². The van der Waals surface area contributed by atoms with Crippen LogP contribution in [0.4, 0.5) is 5.13 Å². The van der Waals surface area contributed by atoms with Crippen LogP contribution in [0.3, 0.4) is 0 Å². The molecule has 0 bridgehead atoms. The number of esters is 1. The predicted molar refractivity (Wildman–Crippen MR) is 116 cm³/mol. The van der Waals surface area contributed by atoms with E-state index in [1.807, 2.05) is 0 Å². The van der Waals surface area contributed by atoms with Crippen LogP contribution in [0.15, 0.2) is 12.7 Å². The maximum Gasteiger partial charge on any atom is 0.350 e. The summed E-state index contributed by atoms with van der Waals surface area (Å²) >= 11 is 1.04. The molecule has 1 N–H and O–H groups in total. The average molecular weight is 465 g/mol. The number of carbonyl (C=O) groups excluding carboxylic acids is 2. The summed E-state index contributed by atoms with van der Waals surface area (Å²) in [6.07, 6.45) is 5.44. The van der Waals surface area contributed by atoms with Gasteiger partial charge in [-0.2, -0.15) is 5.10 Å². The molecule has 0 saturated carbocycles. The molecular formula is C20H24N4O5S2. The van der Waals surface area contributed by atoms with Crippen molar-refractivity contribution in [2.45, 2.75) is 45.1 Å². The molecule has 1 fully saturated rings. The Morgan fingerprint density at radius 1 is 1.35 bits per heavy atom. The number of thiazole rings is 1. The quantitative estimate of drug-likeness (QED) is 0.515. The molecule has 0 spiro atoms. The molecule has 3 heterocycles. The number of rotatable bonds is 6. The first-order valence-electron chi connectivity index (χ1n) is 10.2. The lowest BCUT2D eigenvalue weighted by Gasteiger charge is -2.17. The Morgan fingerprint density at radius 3 is 2.84 bits per heavy atom. The van der Waals surface area contributed by atoms with E-state index in [2.05, 4.69) is 22.0 Å². The number of nitrogens with zero attached hydrogens (tertiary/aromatic N) is 3. The zero-order valence-electron chi connectivity index (χ0n) is 17.2. The molecule has 1 aliphatic heterocycles. The minimum absolute atomic E-state index is 0.0596. The zero-order chi connectivity index (χ0) is 22.2. The van der Waals surface area contributed by atoms with E-state index in [9.17, 15) is 18.0 Å². The lowest BCUT2D eigenvalue weighted by Crippen LogP contribution is -2.17. The summed E-state index contributed by atoms with van der Waals surface area (Å²) in [6.45, 7) is 5.28. The van der Waals surface area contributed by atoms with Crippen molar-refractivity contribution < 1.29 is 22.7 Å². The topological polar surface area (TPSA) is 120 Å². The van der Waals surface area contributed by atoms with Gasteiger partial charge in [0.25, 0.3) is 5.91 Å². The molecule has 1 saturated heterocycles. The van der Waals surface area contributed by atoms with Crippen molar-refractivity contribution in [1.29, 1.82) is 0 Å². The first-order valence-corrected chi connectivity index (χ1v) is 12.8. The third-order valence-corrected chi connectivity index (χ3v) is 8.32. The number of carbonyl (C=O) groups is 2. The van der Waals surface area contributed by atoms with Crippen molar-refractivity contribution in [3.05, 3.63) is 40.2 Å². The average Bonchev–Trinajstić information content (AvgIpc) is 3.40. The highest BCUT2D eigenvalue weighted by Gasteiger charge is 2.34. The molecule has 1 aliphatic carbocycles. The van der Waals surface area contributed by atoms with Crippen LogP contribution in [0.25, 0.3) is 0 Å². The van der Waals surface area contributed by atoms with E-state index in [-0.39, 0.29) is 29.3 Å². The van der Waals surface area contributed by atoms with E-state index in [1.54, 1.807) is 11.6 Å². The molecule has 11 heteroatoms. The zero-order valence-corrected chi connectivity index (χ0v) is 18.9. The van der Waals surface area contributed by atoms with Crippen molar-refractivity contribution in [2.75, 3.05) is 23.4 Å². The van der Waals surface area contributed by atoms with Crippen molar-refractivity contribution in [3.63, 3.8) is 0 Å². The van der Waals surface area contributed by atoms with Crippen LogP contribution >= 0.6 is 11.3 Å². The molecular weight excluding hydrogens is 440 g/mol. The van der Waals surface area contributed by atoms with Crippen LogP contribution < -0.4 is 5.32 Å². The summed E-state index contributed by atoms with van der Waals surface area (Å²) in [5, 5.41) is 7.59. The Balaban J connectivity index is 1.58. The summed E-state index contributed by atoms with van der Waals surface area (Å²) in [5.74, 6) is -0.710. The van der Waals surface area contributed by atoms with Crippen molar-refractivity contribution >= 4 is 38.2 Å². The maximum absolute atomic E-state index is 13.0. The number of anilines is 1. The van der Waals surface area contributed by atoms with Crippen LogP contribution in [0.5, 0.6) is 0 Å². The van der Waals surface area contributed by atoms with E-state index in [0.717, 1.165) is 48.3 Å². The fraction of sp³-hybridized carbons (Fsp3) is 0.500. The number of nitrogens with one attached hydrogen (secondary N) is 1. The highest BCUT2D eigenvalue weighted by atomic mass is 32.2. The molecule has 0 aromatic carbocycles. The van der Waals surface area contributed by atoms with E-state index in [4.69, 9.17) is 4.74 Å². The normalized spacial score (nSPS) is 19.6. The fourth-order valence-corrected chi connectivity index (χ4v) is 6.62. The van der Waals surface area contributed by atoms with Gasteiger partial charge >= 0.3 is 5.97 Å². The molecule has 2 aromatic rings. The van der Waals surface area contributed by atoms with Gasteiger partial charge in [-0.15, -0.1) is 0 Å². The van der Waals surface area contributed by atoms with Gasteiger partial charge in [0.15, 0.2) is 20.7 Å². The Morgan fingerprint density at radius 2 is 2.13 bits per heavy atom. The van der Waals surface area contributed by atoms with E-state index >= 15 is 0 Å². The molecule has 1 unspecified atom stereocenters. The standard InChI is InChI=1S/C20H24N4O5S2/c1-3-9-29-19(26)17-12(2)21-20(30-17)22-18(25)16-14-6-4-5-7-15(14)24(23-16)13-8-10-31(27,28)11-13/h3,13H,1,4-11H2,2H3,(H,21,22,25). The lowest BCUT2D eigenvalue weighted by atomic mass is 9.95. The van der Waals surface area contributed by atoms with Gasteiger partial charge in [-0.3, -0.25) is 14.8 Å². The lowest BCUT2D eigenvalue weighted by molar-refractivity contribution is 0.0554. The SMILES string of the molecule is C=CCOC(=O)c1sc(NC(=O)c2nn(C3CCS(=O)(=O)C3)c3c2CCCC3)nc1C. The number of hydrogen-bond donors (Lipinski definition) is 1. The largest absolute Gasteiger partial charge is 0.457 e. The highest BCUT2D eigenvalue weighted by Crippen LogP contribution is 2.32. The smallest absolute Gasteiger partial charge is 0.350 e. The molecule has 9 nitrogen and oxygen atoms in total. The highest BCUT2D eigenvalue weighted by molar-refractivity contribution is 7.91. The summed E-state index contributed by atoms with van der Waals surface area (Å²) in [6, 6.07) is -0.230. The second-order valence-electron chi connectivity index (χ2n) is 7.76. The Kier molecular flexibility index (Phi) is 5.98. The van der Waals surface area contributed by atoms with Gasteiger partial charge in [-0.05, 0) is 39.0 Å². The van der Waals surface area contributed by atoms with Crippen molar-refractivity contribution in [1.82, 2.24) is 14.8 Å². The second kappa shape index (κ2) is 8.54. The van der Waals surface area contributed by atoms with Crippen LogP contribution in [-0.4, -0.2) is 53.2 Å².